The fourth-order valence-electron chi connectivity index (χ4n) is 2.02. The Morgan fingerprint density at radius 1 is 1.32 bits per heavy atom. The molecule has 0 radical (unpaired) electrons. The molecule has 1 aromatic carbocycles. The number of benzene rings is 1. The quantitative estimate of drug-likeness (QED) is 0.741. The van der Waals surface area contributed by atoms with Gasteiger partial charge in [0.05, 0.1) is 5.69 Å². The van der Waals surface area contributed by atoms with Crippen LogP contribution in [0.25, 0.3) is 0 Å². The molecule has 1 saturated heterocycles. The number of amides is 1. The maximum atomic E-state index is 12.3. The van der Waals surface area contributed by atoms with Gasteiger partial charge >= 0.3 is 0 Å². The average molecular weight is 283 g/mol. The number of nitrogens with one attached hydrogen (secondary N) is 3. The molecule has 19 heavy (non-hydrogen) atoms. The highest BCUT2D eigenvalue weighted by molar-refractivity contribution is 7.89. The summed E-state index contributed by atoms with van der Waals surface area (Å²) in [6, 6.07) is 6.45. The number of anilines is 1. The summed E-state index contributed by atoms with van der Waals surface area (Å²) in [4.78, 5) is 11.3. The first-order chi connectivity index (χ1) is 9.03. The van der Waals surface area contributed by atoms with E-state index in [1.165, 1.54) is 0 Å². The number of carbonyl (C=O) groups excluding carboxylic acids is 1. The van der Waals surface area contributed by atoms with Crippen LogP contribution in [0.5, 0.6) is 0 Å². The van der Waals surface area contributed by atoms with E-state index in [2.05, 4.69) is 15.4 Å². The summed E-state index contributed by atoms with van der Waals surface area (Å²) in [6.45, 7) is 0.333. The minimum atomic E-state index is -3.58. The summed E-state index contributed by atoms with van der Waals surface area (Å²) in [5.74, 6) is -0.0360. The number of sulfonamides is 1. The van der Waals surface area contributed by atoms with Crippen LogP contribution in [0.15, 0.2) is 29.2 Å². The zero-order chi connectivity index (χ0) is 13.9. The van der Waals surface area contributed by atoms with Gasteiger partial charge in [0.15, 0.2) is 0 Å². The SMILES string of the molecule is CNc1ccccc1S(=O)(=O)NC1CCC(=O)NC1. The molecule has 0 bridgehead atoms. The lowest BCUT2D eigenvalue weighted by atomic mass is 10.1. The first kappa shape index (κ1) is 13.8. The lowest BCUT2D eigenvalue weighted by Gasteiger charge is -2.23. The second-order valence-corrected chi connectivity index (χ2v) is 6.09. The Hall–Kier alpha value is -1.60. The Morgan fingerprint density at radius 2 is 2.05 bits per heavy atom. The van der Waals surface area contributed by atoms with Crippen molar-refractivity contribution in [1.29, 1.82) is 0 Å². The maximum Gasteiger partial charge on any atom is 0.242 e. The van der Waals surface area contributed by atoms with Crippen LogP contribution in [0, 0.1) is 0 Å². The van der Waals surface area contributed by atoms with E-state index in [9.17, 15) is 13.2 Å². The van der Waals surface area contributed by atoms with E-state index in [1.807, 2.05) is 0 Å². The fourth-order valence-corrected chi connectivity index (χ4v) is 3.51. The molecule has 0 spiro atoms. The molecule has 1 fully saturated rings. The van der Waals surface area contributed by atoms with Gasteiger partial charge in [0.1, 0.15) is 4.90 Å². The van der Waals surface area contributed by atoms with Gasteiger partial charge in [-0.15, -0.1) is 0 Å². The van der Waals surface area contributed by atoms with Gasteiger partial charge in [-0.3, -0.25) is 4.79 Å². The van der Waals surface area contributed by atoms with Gasteiger partial charge < -0.3 is 10.6 Å². The fraction of sp³-hybridized carbons (Fsp3) is 0.417. The number of hydrogen-bond acceptors (Lipinski definition) is 4. The molecule has 1 amide bonds. The molecule has 104 valence electrons. The van der Waals surface area contributed by atoms with Crippen LogP contribution < -0.4 is 15.4 Å². The lowest BCUT2D eigenvalue weighted by molar-refractivity contribution is -0.122. The molecule has 0 aliphatic carbocycles. The summed E-state index contributed by atoms with van der Waals surface area (Å²) in [5, 5.41) is 5.51. The monoisotopic (exact) mass is 283 g/mol. The third-order valence-corrected chi connectivity index (χ3v) is 4.61. The number of para-hydroxylation sites is 1. The molecule has 1 aromatic rings. The third kappa shape index (κ3) is 3.24. The second kappa shape index (κ2) is 5.58. The van der Waals surface area contributed by atoms with Crippen LogP contribution in [0.4, 0.5) is 5.69 Å². The molecule has 1 unspecified atom stereocenters. The molecule has 7 heteroatoms. The molecule has 2 rings (SSSR count). The van der Waals surface area contributed by atoms with Crippen LogP contribution in [0.3, 0.4) is 0 Å². The van der Waals surface area contributed by atoms with Crippen LogP contribution in [0.2, 0.25) is 0 Å². The van der Waals surface area contributed by atoms with Crippen molar-refractivity contribution in [2.75, 3.05) is 18.9 Å². The van der Waals surface area contributed by atoms with E-state index in [0.717, 1.165) is 0 Å². The summed E-state index contributed by atoms with van der Waals surface area (Å²) in [5.41, 5.74) is 0.551. The van der Waals surface area contributed by atoms with E-state index >= 15 is 0 Å². The predicted octanol–water partition coefficient (Wildman–Crippen LogP) is 0.285. The summed E-state index contributed by atoms with van der Waals surface area (Å²) in [6.07, 6.45) is 0.869. The van der Waals surface area contributed by atoms with Crippen molar-refractivity contribution in [3.8, 4) is 0 Å². The molecular formula is C12H17N3O3S. The zero-order valence-corrected chi connectivity index (χ0v) is 11.5. The minimum Gasteiger partial charge on any atom is -0.387 e. The minimum absolute atomic E-state index is 0.0360. The van der Waals surface area contributed by atoms with E-state index in [-0.39, 0.29) is 16.8 Å². The first-order valence-corrected chi connectivity index (χ1v) is 7.57. The molecule has 0 aromatic heterocycles. The van der Waals surface area contributed by atoms with Crippen LogP contribution in [-0.4, -0.2) is 34.0 Å². The van der Waals surface area contributed by atoms with Crippen molar-refractivity contribution < 1.29 is 13.2 Å². The molecule has 0 saturated carbocycles. The van der Waals surface area contributed by atoms with Crippen molar-refractivity contribution in [2.24, 2.45) is 0 Å². The van der Waals surface area contributed by atoms with Gasteiger partial charge in [0.25, 0.3) is 0 Å². The van der Waals surface area contributed by atoms with Gasteiger partial charge in [-0.25, -0.2) is 13.1 Å². The van der Waals surface area contributed by atoms with Crippen molar-refractivity contribution in [3.63, 3.8) is 0 Å². The smallest absolute Gasteiger partial charge is 0.242 e. The van der Waals surface area contributed by atoms with Gasteiger partial charge in [-0.05, 0) is 18.6 Å². The van der Waals surface area contributed by atoms with E-state index in [0.29, 0.717) is 25.1 Å². The number of rotatable bonds is 4. The highest BCUT2D eigenvalue weighted by Crippen LogP contribution is 2.20. The molecule has 6 nitrogen and oxygen atoms in total. The number of piperidine rings is 1. The van der Waals surface area contributed by atoms with Gasteiger partial charge in [-0.2, -0.15) is 0 Å². The Labute approximate surface area is 112 Å². The van der Waals surface area contributed by atoms with Crippen LogP contribution >= 0.6 is 0 Å². The summed E-state index contributed by atoms with van der Waals surface area (Å²) in [7, 11) is -1.91. The van der Waals surface area contributed by atoms with E-state index < -0.39 is 10.0 Å². The van der Waals surface area contributed by atoms with Crippen molar-refractivity contribution in [1.82, 2.24) is 10.0 Å². The highest BCUT2D eigenvalue weighted by Gasteiger charge is 2.25. The molecule has 1 heterocycles. The van der Waals surface area contributed by atoms with Crippen LogP contribution in [-0.2, 0) is 14.8 Å². The summed E-state index contributed by atoms with van der Waals surface area (Å²) >= 11 is 0. The zero-order valence-electron chi connectivity index (χ0n) is 10.6. The molecular weight excluding hydrogens is 266 g/mol. The maximum absolute atomic E-state index is 12.3. The van der Waals surface area contributed by atoms with Crippen molar-refractivity contribution >= 4 is 21.6 Å². The standard InChI is InChI=1S/C12H17N3O3S/c1-13-10-4-2-3-5-11(10)19(17,18)15-9-6-7-12(16)14-8-9/h2-5,9,13,15H,6-8H2,1H3,(H,14,16). The Morgan fingerprint density at radius 3 is 2.68 bits per heavy atom. The van der Waals surface area contributed by atoms with Gasteiger partial charge in [-0.1, -0.05) is 12.1 Å². The van der Waals surface area contributed by atoms with Crippen LogP contribution in [0.1, 0.15) is 12.8 Å². The van der Waals surface area contributed by atoms with E-state index in [1.54, 1.807) is 31.3 Å². The second-order valence-electron chi connectivity index (χ2n) is 4.41. The first-order valence-electron chi connectivity index (χ1n) is 6.09. The van der Waals surface area contributed by atoms with Crippen molar-refractivity contribution in [3.05, 3.63) is 24.3 Å². The van der Waals surface area contributed by atoms with E-state index in [4.69, 9.17) is 0 Å². The number of hydrogen-bond donors (Lipinski definition) is 3. The molecule has 1 atom stereocenters. The predicted molar refractivity (Wildman–Crippen MR) is 72.3 cm³/mol. The average Bonchev–Trinajstić information content (AvgIpc) is 2.41. The molecule has 1 aliphatic rings. The number of carbonyl (C=O) groups is 1. The normalized spacial score (nSPS) is 19.8. The van der Waals surface area contributed by atoms with Gasteiger partial charge in [0.2, 0.25) is 15.9 Å². The third-order valence-electron chi connectivity index (χ3n) is 3.03. The van der Waals surface area contributed by atoms with Gasteiger partial charge in [0, 0.05) is 26.1 Å². The van der Waals surface area contributed by atoms with Crippen molar-refractivity contribution in [2.45, 2.75) is 23.8 Å². The Bertz CT molecular complexity index is 561. The lowest BCUT2D eigenvalue weighted by Crippen LogP contribution is -2.47. The topological polar surface area (TPSA) is 87.3 Å². The highest BCUT2D eigenvalue weighted by atomic mass is 32.2. The molecule has 1 aliphatic heterocycles. The largest absolute Gasteiger partial charge is 0.387 e. The Kier molecular flexibility index (Phi) is 4.06. The Balaban J connectivity index is 2.16. The summed E-state index contributed by atoms with van der Waals surface area (Å²) < 4.78 is 27.2. The molecule has 3 N–H and O–H groups in total.